The van der Waals surface area contributed by atoms with E-state index >= 15 is 0 Å². The molecule has 20 heavy (non-hydrogen) atoms. The predicted molar refractivity (Wildman–Crippen MR) is 84.1 cm³/mol. The normalized spacial score (nSPS) is 17.4. The molecule has 1 aliphatic carbocycles. The van der Waals surface area contributed by atoms with Crippen LogP contribution >= 0.6 is 0 Å². The van der Waals surface area contributed by atoms with E-state index in [9.17, 15) is 4.79 Å². The number of nitrogens with two attached hydrogens (primary N) is 2. The van der Waals surface area contributed by atoms with Gasteiger partial charge in [-0.3, -0.25) is 4.79 Å². The number of nitrogens with one attached hydrogen (secondary N) is 1. The first-order valence-corrected chi connectivity index (χ1v) is 6.95. The number of benzene rings is 1. The summed E-state index contributed by atoms with van der Waals surface area (Å²) in [5.74, 6) is -0.120. The zero-order chi connectivity index (χ0) is 15.0. The number of allylic oxidation sites excluding steroid dienone is 3. The van der Waals surface area contributed by atoms with Gasteiger partial charge in [-0.1, -0.05) is 26.0 Å². The van der Waals surface area contributed by atoms with Crippen molar-refractivity contribution in [1.29, 1.82) is 0 Å². The predicted octanol–water partition coefficient (Wildman–Crippen LogP) is 2.59. The van der Waals surface area contributed by atoms with Crippen molar-refractivity contribution in [2.75, 3.05) is 5.73 Å². The van der Waals surface area contributed by atoms with Crippen molar-refractivity contribution in [2.24, 2.45) is 5.73 Å². The highest BCUT2D eigenvalue weighted by molar-refractivity contribution is 5.95. The van der Waals surface area contributed by atoms with Gasteiger partial charge in [-0.25, -0.2) is 0 Å². The lowest BCUT2D eigenvalue weighted by Crippen LogP contribution is -2.24. The summed E-state index contributed by atoms with van der Waals surface area (Å²) in [5.41, 5.74) is 13.5. The Morgan fingerprint density at radius 1 is 1.25 bits per heavy atom. The lowest BCUT2D eigenvalue weighted by Gasteiger charge is -2.09. The zero-order valence-corrected chi connectivity index (χ0v) is 12.1. The molecular weight excluding hydrogens is 250 g/mol. The van der Waals surface area contributed by atoms with Crippen LogP contribution in [0.4, 0.5) is 5.69 Å². The van der Waals surface area contributed by atoms with E-state index in [0.29, 0.717) is 11.3 Å². The summed E-state index contributed by atoms with van der Waals surface area (Å²) >= 11 is 0. The van der Waals surface area contributed by atoms with Gasteiger partial charge in [0.1, 0.15) is 0 Å². The SMILES string of the molecule is CC.Nc1ccc(C(=O)NC2=CC=CC(N)CC2)cc1. The average molecular weight is 273 g/mol. The second-order valence-corrected chi connectivity index (χ2v) is 4.36. The molecule has 4 nitrogen and oxygen atoms in total. The maximum Gasteiger partial charge on any atom is 0.255 e. The maximum atomic E-state index is 12.0. The molecule has 1 amide bonds. The molecule has 0 heterocycles. The lowest BCUT2D eigenvalue weighted by atomic mass is 10.1. The van der Waals surface area contributed by atoms with E-state index < -0.39 is 0 Å². The molecule has 2 rings (SSSR count). The highest BCUT2D eigenvalue weighted by Crippen LogP contribution is 2.11. The molecule has 0 aliphatic heterocycles. The third-order valence-corrected chi connectivity index (χ3v) is 2.85. The highest BCUT2D eigenvalue weighted by atomic mass is 16.1. The molecule has 1 atom stereocenters. The van der Waals surface area contributed by atoms with Crippen LogP contribution in [0.1, 0.15) is 37.0 Å². The molecule has 108 valence electrons. The Bertz CT molecular complexity index is 489. The van der Waals surface area contributed by atoms with E-state index in [1.165, 1.54) is 0 Å². The van der Waals surface area contributed by atoms with Crippen molar-refractivity contribution < 1.29 is 4.79 Å². The van der Waals surface area contributed by atoms with Gasteiger partial charge in [0.25, 0.3) is 5.91 Å². The van der Waals surface area contributed by atoms with Gasteiger partial charge in [0.05, 0.1) is 0 Å². The molecule has 1 aromatic rings. The van der Waals surface area contributed by atoms with Crippen molar-refractivity contribution in [1.82, 2.24) is 5.32 Å². The summed E-state index contributed by atoms with van der Waals surface area (Å²) in [6.45, 7) is 4.00. The Morgan fingerprint density at radius 3 is 2.55 bits per heavy atom. The van der Waals surface area contributed by atoms with Gasteiger partial charge in [-0.05, 0) is 43.2 Å². The zero-order valence-electron chi connectivity index (χ0n) is 12.1. The molecule has 0 bridgehead atoms. The van der Waals surface area contributed by atoms with Crippen LogP contribution in [0.2, 0.25) is 0 Å². The first-order valence-electron chi connectivity index (χ1n) is 6.95. The molecule has 1 unspecified atom stereocenters. The van der Waals surface area contributed by atoms with Crippen LogP contribution in [0.3, 0.4) is 0 Å². The second kappa shape index (κ2) is 8.17. The average Bonchev–Trinajstić information content (AvgIpc) is 2.67. The van der Waals surface area contributed by atoms with E-state index in [1.807, 2.05) is 32.1 Å². The van der Waals surface area contributed by atoms with E-state index in [0.717, 1.165) is 18.5 Å². The van der Waals surface area contributed by atoms with E-state index in [1.54, 1.807) is 24.3 Å². The number of hydrogen-bond acceptors (Lipinski definition) is 3. The Kier molecular flexibility index (Phi) is 6.53. The van der Waals surface area contributed by atoms with Gasteiger partial charge in [0.2, 0.25) is 0 Å². The first-order chi connectivity index (χ1) is 9.65. The van der Waals surface area contributed by atoms with Crippen molar-refractivity contribution in [3.8, 4) is 0 Å². The Morgan fingerprint density at radius 2 is 1.90 bits per heavy atom. The van der Waals surface area contributed by atoms with Crippen LogP contribution in [0.25, 0.3) is 0 Å². The fourth-order valence-corrected chi connectivity index (χ4v) is 1.77. The fraction of sp³-hybridized carbons (Fsp3) is 0.312. The summed E-state index contributed by atoms with van der Waals surface area (Å²) in [6.07, 6.45) is 7.32. The summed E-state index contributed by atoms with van der Waals surface area (Å²) < 4.78 is 0. The minimum absolute atomic E-state index is 0.0622. The van der Waals surface area contributed by atoms with Crippen LogP contribution in [-0.4, -0.2) is 11.9 Å². The minimum atomic E-state index is -0.120. The standard InChI is InChI=1S/C14H17N3O.C2H6/c15-11-2-1-3-13(9-8-11)17-14(18)10-4-6-12(16)7-5-10;1-2/h1-7,11H,8-9,15-16H2,(H,17,18);1-2H3. The number of carbonyl (C=O) groups is 1. The molecule has 0 saturated heterocycles. The summed E-state index contributed by atoms with van der Waals surface area (Å²) in [7, 11) is 0. The first kappa shape index (κ1) is 16.0. The third-order valence-electron chi connectivity index (χ3n) is 2.85. The van der Waals surface area contributed by atoms with Crippen molar-refractivity contribution >= 4 is 11.6 Å². The molecule has 0 radical (unpaired) electrons. The molecule has 0 spiro atoms. The number of nitrogen functional groups attached to an aromatic ring is 1. The molecule has 0 fully saturated rings. The smallest absolute Gasteiger partial charge is 0.255 e. The summed E-state index contributed by atoms with van der Waals surface area (Å²) in [4.78, 5) is 12.0. The van der Waals surface area contributed by atoms with Crippen LogP contribution in [0, 0.1) is 0 Å². The molecule has 1 aliphatic rings. The quantitative estimate of drug-likeness (QED) is 0.724. The number of amides is 1. The van der Waals surface area contributed by atoms with Crippen LogP contribution in [-0.2, 0) is 0 Å². The monoisotopic (exact) mass is 273 g/mol. The van der Waals surface area contributed by atoms with Gasteiger partial charge >= 0.3 is 0 Å². The Hall–Kier alpha value is -2.07. The molecule has 1 aromatic carbocycles. The van der Waals surface area contributed by atoms with E-state index in [2.05, 4.69) is 5.32 Å². The van der Waals surface area contributed by atoms with Crippen molar-refractivity contribution in [2.45, 2.75) is 32.7 Å². The summed E-state index contributed by atoms with van der Waals surface area (Å²) in [6, 6.07) is 6.91. The van der Waals surface area contributed by atoms with Crippen LogP contribution < -0.4 is 16.8 Å². The fourth-order valence-electron chi connectivity index (χ4n) is 1.77. The number of rotatable bonds is 2. The van der Waals surface area contributed by atoms with E-state index in [4.69, 9.17) is 11.5 Å². The van der Waals surface area contributed by atoms with Crippen LogP contribution in [0.5, 0.6) is 0 Å². The Balaban J connectivity index is 0.000000956. The largest absolute Gasteiger partial charge is 0.399 e. The highest BCUT2D eigenvalue weighted by Gasteiger charge is 2.09. The van der Waals surface area contributed by atoms with Gasteiger partial charge in [0.15, 0.2) is 0 Å². The summed E-state index contributed by atoms with van der Waals surface area (Å²) in [5, 5.41) is 2.89. The maximum absolute atomic E-state index is 12.0. The van der Waals surface area contributed by atoms with Crippen molar-refractivity contribution in [3.05, 3.63) is 53.8 Å². The van der Waals surface area contributed by atoms with Crippen LogP contribution in [0.15, 0.2) is 48.2 Å². The number of hydrogen-bond donors (Lipinski definition) is 3. The van der Waals surface area contributed by atoms with Gasteiger partial charge in [0, 0.05) is 23.0 Å². The van der Waals surface area contributed by atoms with Gasteiger partial charge in [-0.2, -0.15) is 0 Å². The molecule has 4 heteroatoms. The van der Waals surface area contributed by atoms with E-state index in [-0.39, 0.29) is 11.9 Å². The van der Waals surface area contributed by atoms with Gasteiger partial charge in [-0.15, -0.1) is 0 Å². The molecule has 5 N–H and O–H groups in total. The topological polar surface area (TPSA) is 81.1 Å². The van der Waals surface area contributed by atoms with Gasteiger partial charge < -0.3 is 16.8 Å². The molecule has 0 aromatic heterocycles. The third kappa shape index (κ3) is 4.90. The number of anilines is 1. The molecular formula is C16H23N3O. The lowest BCUT2D eigenvalue weighted by molar-refractivity contribution is 0.0964. The second-order valence-electron chi connectivity index (χ2n) is 4.36. The van der Waals surface area contributed by atoms with Crippen molar-refractivity contribution in [3.63, 3.8) is 0 Å². The number of carbonyl (C=O) groups excluding carboxylic acids is 1. The minimum Gasteiger partial charge on any atom is -0.399 e. The Labute approximate surface area is 120 Å². The molecule has 0 saturated carbocycles.